The number of halogens is 2. The summed E-state index contributed by atoms with van der Waals surface area (Å²) in [7, 11) is 0. The largest absolute Gasteiger partial charge is 0.278 e. The molecular formula is C16H13BrClN3. The Morgan fingerprint density at radius 3 is 2.57 bits per heavy atom. The fourth-order valence-electron chi connectivity index (χ4n) is 2.26. The van der Waals surface area contributed by atoms with E-state index >= 15 is 0 Å². The summed E-state index contributed by atoms with van der Waals surface area (Å²) in [5.41, 5.74) is 3.19. The molecule has 106 valence electrons. The normalized spacial score (nSPS) is 10.8. The Labute approximate surface area is 136 Å². The minimum atomic E-state index is 0.314. The lowest BCUT2D eigenvalue weighted by Crippen LogP contribution is -2.02. The molecule has 3 aromatic rings. The first kappa shape index (κ1) is 14.3. The van der Waals surface area contributed by atoms with Gasteiger partial charge in [-0.15, -0.1) is 21.8 Å². The quantitative estimate of drug-likeness (QED) is 0.630. The topological polar surface area (TPSA) is 30.7 Å². The van der Waals surface area contributed by atoms with Crippen LogP contribution in [0.2, 0.25) is 0 Å². The molecule has 5 heteroatoms. The predicted octanol–water partition coefficient (Wildman–Crippen LogP) is 4.74. The molecule has 3 rings (SSSR count). The standard InChI is InChI=1S/C16H13BrClN3/c1-11-7-8-12(17)9-14(11)16-20-19-15(10-18)21(16)13-5-3-2-4-6-13/h2-9H,10H2,1H3. The Morgan fingerprint density at radius 1 is 1.10 bits per heavy atom. The molecule has 2 aromatic carbocycles. The zero-order chi connectivity index (χ0) is 14.8. The van der Waals surface area contributed by atoms with Gasteiger partial charge in [-0.1, -0.05) is 40.2 Å². The van der Waals surface area contributed by atoms with Crippen molar-refractivity contribution in [2.45, 2.75) is 12.8 Å². The average Bonchev–Trinajstić information content (AvgIpc) is 2.94. The molecule has 3 nitrogen and oxygen atoms in total. The zero-order valence-electron chi connectivity index (χ0n) is 11.4. The van der Waals surface area contributed by atoms with Crippen LogP contribution in [0.25, 0.3) is 17.1 Å². The first-order valence-corrected chi connectivity index (χ1v) is 7.85. The van der Waals surface area contributed by atoms with Crippen molar-refractivity contribution in [3.05, 3.63) is 64.4 Å². The lowest BCUT2D eigenvalue weighted by atomic mass is 10.1. The van der Waals surface area contributed by atoms with E-state index in [1.807, 2.05) is 41.0 Å². The molecule has 1 aromatic heterocycles. The van der Waals surface area contributed by atoms with Crippen LogP contribution in [0.5, 0.6) is 0 Å². The van der Waals surface area contributed by atoms with Crippen LogP contribution in [0, 0.1) is 6.92 Å². The van der Waals surface area contributed by atoms with Crippen molar-refractivity contribution >= 4 is 27.5 Å². The molecule has 0 atom stereocenters. The van der Waals surface area contributed by atoms with Crippen molar-refractivity contribution in [3.63, 3.8) is 0 Å². The van der Waals surface area contributed by atoms with Gasteiger partial charge in [0.2, 0.25) is 0 Å². The van der Waals surface area contributed by atoms with Crippen LogP contribution in [0.4, 0.5) is 0 Å². The molecule has 0 amide bonds. The van der Waals surface area contributed by atoms with Crippen LogP contribution in [0.1, 0.15) is 11.4 Å². The van der Waals surface area contributed by atoms with Gasteiger partial charge in [0.25, 0.3) is 0 Å². The number of alkyl halides is 1. The third kappa shape index (κ3) is 2.74. The van der Waals surface area contributed by atoms with Crippen molar-refractivity contribution in [2.75, 3.05) is 0 Å². The third-order valence-electron chi connectivity index (χ3n) is 3.30. The fraction of sp³-hybridized carbons (Fsp3) is 0.125. The molecular weight excluding hydrogens is 350 g/mol. The Morgan fingerprint density at radius 2 is 1.86 bits per heavy atom. The number of benzene rings is 2. The number of hydrogen-bond acceptors (Lipinski definition) is 2. The molecule has 0 bridgehead atoms. The molecule has 0 saturated carbocycles. The maximum absolute atomic E-state index is 6.02. The van der Waals surface area contributed by atoms with E-state index in [4.69, 9.17) is 11.6 Å². The summed E-state index contributed by atoms with van der Waals surface area (Å²) in [6, 6.07) is 16.1. The smallest absolute Gasteiger partial charge is 0.168 e. The van der Waals surface area contributed by atoms with E-state index < -0.39 is 0 Å². The number of hydrogen-bond donors (Lipinski definition) is 0. The van der Waals surface area contributed by atoms with Gasteiger partial charge in [0.05, 0.1) is 5.88 Å². The highest BCUT2D eigenvalue weighted by Crippen LogP contribution is 2.28. The second kappa shape index (κ2) is 6.00. The Hall–Kier alpha value is -1.65. The fourth-order valence-corrected chi connectivity index (χ4v) is 2.80. The zero-order valence-corrected chi connectivity index (χ0v) is 13.8. The molecule has 21 heavy (non-hydrogen) atoms. The number of rotatable bonds is 3. The van der Waals surface area contributed by atoms with Crippen LogP contribution < -0.4 is 0 Å². The summed E-state index contributed by atoms with van der Waals surface area (Å²) in [4.78, 5) is 0. The van der Waals surface area contributed by atoms with Crippen LogP contribution >= 0.6 is 27.5 Å². The molecule has 0 saturated heterocycles. The molecule has 0 aliphatic carbocycles. The molecule has 1 heterocycles. The van der Waals surface area contributed by atoms with Gasteiger partial charge < -0.3 is 0 Å². The summed E-state index contributed by atoms with van der Waals surface area (Å²) < 4.78 is 3.01. The van der Waals surface area contributed by atoms with Crippen molar-refractivity contribution < 1.29 is 0 Å². The molecule has 0 unspecified atom stereocenters. The van der Waals surface area contributed by atoms with Gasteiger partial charge in [0.15, 0.2) is 11.6 Å². The Kier molecular flexibility index (Phi) is 4.08. The van der Waals surface area contributed by atoms with E-state index in [9.17, 15) is 0 Å². The Balaban J connectivity index is 2.25. The first-order chi connectivity index (χ1) is 10.2. The highest BCUT2D eigenvalue weighted by atomic mass is 79.9. The Bertz CT molecular complexity index is 768. The molecule has 0 aliphatic heterocycles. The molecule has 0 aliphatic rings. The van der Waals surface area contributed by atoms with Gasteiger partial charge in [0, 0.05) is 15.7 Å². The van der Waals surface area contributed by atoms with Crippen LogP contribution in [0.15, 0.2) is 53.0 Å². The van der Waals surface area contributed by atoms with Gasteiger partial charge in [-0.05, 0) is 36.8 Å². The van der Waals surface area contributed by atoms with Crippen molar-refractivity contribution in [3.8, 4) is 17.1 Å². The maximum Gasteiger partial charge on any atom is 0.168 e. The average molecular weight is 363 g/mol. The van der Waals surface area contributed by atoms with Gasteiger partial charge in [0.1, 0.15) is 0 Å². The number of para-hydroxylation sites is 1. The SMILES string of the molecule is Cc1ccc(Br)cc1-c1nnc(CCl)n1-c1ccccc1. The summed E-state index contributed by atoms with van der Waals surface area (Å²) in [6.07, 6.45) is 0. The highest BCUT2D eigenvalue weighted by Gasteiger charge is 2.16. The first-order valence-electron chi connectivity index (χ1n) is 6.53. The summed E-state index contributed by atoms with van der Waals surface area (Å²) >= 11 is 9.54. The van der Waals surface area contributed by atoms with Gasteiger partial charge in [-0.25, -0.2) is 0 Å². The van der Waals surface area contributed by atoms with Gasteiger partial charge in [-0.2, -0.15) is 0 Å². The van der Waals surface area contributed by atoms with E-state index in [0.29, 0.717) is 5.88 Å². The maximum atomic E-state index is 6.02. The minimum absolute atomic E-state index is 0.314. The van der Waals surface area contributed by atoms with E-state index in [1.54, 1.807) is 0 Å². The van der Waals surface area contributed by atoms with E-state index in [1.165, 1.54) is 0 Å². The van der Waals surface area contributed by atoms with Crippen molar-refractivity contribution in [1.82, 2.24) is 14.8 Å². The van der Waals surface area contributed by atoms with E-state index in [0.717, 1.165) is 32.9 Å². The van der Waals surface area contributed by atoms with E-state index in [2.05, 4.69) is 45.2 Å². The molecule has 0 N–H and O–H groups in total. The lowest BCUT2D eigenvalue weighted by Gasteiger charge is -2.11. The minimum Gasteiger partial charge on any atom is -0.278 e. The van der Waals surface area contributed by atoms with E-state index in [-0.39, 0.29) is 0 Å². The second-order valence-corrected chi connectivity index (χ2v) is 5.89. The van der Waals surface area contributed by atoms with Crippen molar-refractivity contribution in [2.24, 2.45) is 0 Å². The van der Waals surface area contributed by atoms with Crippen LogP contribution in [0.3, 0.4) is 0 Å². The van der Waals surface area contributed by atoms with Crippen LogP contribution in [-0.4, -0.2) is 14.8 Å². The lowest BCUT2D eigenvalue weighted by molar-refractivity contribution is 0.953. The predicted molar refractivity (Wildman–Crippen MR) is 88.8 cm³/mol. The van der Waals surface area contributed by atoms with Gasteiger partial charge in [-0.3, -0.25) is 4.57 Å². The third-order valence-corrected chi connectivity index (χ3v) is 4.04. The highest BCUT2D eigenvalue weighted by molar-refractivity contribution is 9.10. The number of nitrogens with zero attached hydrogens (tertiary/aromatic N) is 3. The van der Waals surface area contributed by atoms with Crippen molar-refractivity contribution in [1.29, 1.82) is 0 Å². The summed E-state index contributed by atoms with van der Waals surface area (Å²) in [5, 5.41) is 8.57. The number of aryl methyl sites for hydroxylation is 1. The van der Waals surface area contributed by atoms with Gasteiger partial charge >= 0.3 is 0 Å². The summed E-state index contributed by atoms with van der Waals surface area (Å²) in [5.74, 6) is 1.85. The second-order valence-electron chi connectivity index (χ2n) is 4.70. The summed E-state index contributed by atoms with van der Waals surface area (Å²) in [6.45, 7) is 2.06. The monoisotopic (exact) mass is 361 g/mol. The molecule has 0 fully saturated rings. The number of aromatic nitrogens is 3. The molecule has 0 radical (unpaired) electrons. The van der Waals surface area contributed by atoms with Crippen LogP contribution in [-0.2, 0) is 5.88 Å². The molecule has 0 spiro atoms.